The van der Waals surface area contributed by atoms with Crippen molar-refractivity contribution >= 4 is 23.4 Å². The molecule has 29 heavy (non-hydrogen) atoms. The molecule has 4 N–H and O–H groups in total. The number of carbonyl (C=O) groups excluding carboxylic acids is 3. The molecule has 0 spiro atoms. The van der Waals surface area contributed by atoms with Crippen LogP contribution in [-0.2, 0) is 19.9 Å². The van der Waals surface area contributed by atoms with Crippen molar-refractivity contribution in [2.45, 2.75) is 25.4 Å². The number of nitrogens with two attached hydrogens (primary N) is 2. The van der Waals surface area contributed by atoms with E-state index >= 15 is 0 Å². The normalized spacial score (nSPS) is 19.8. The fourth-order valence-electron chi connectivity index (χ4n) is 4.13. The van der Waals surface area contributed by atoms with Crippen LogP contribution in [-0.4, -0.2) is 41.8 Å². The van der Waals surface area contributed by atoms with Crippen LogP contribution in [0.3, 0.4) is 0 Å². The van der Waals surface area contributed by atoms with E-state index in [2.05, 4.69) is 0 Å². The second-order valence-corrected chi connectivity index (χ2v) is 7.44. The van der Waals surface area contributed by atoms with E-state index in [1.54, 1.807) is 36.4 Å². The second-order valence-electron chi connectivity index (χ2n) is 7.44. The molecular formula is C22H26N4O3. The number of rotatable bonds is 5. The van der Waals surface area contributed by atoms with Gasteiger partial charge in [0.05, 0.1) is 0 Å². The van der Waals surface area contributed by atoms with Crippen LogP contribution < -0.4 is 16.4 Å². The quantitative estimate of drug-likeness (QED) is 0.743. The molecule has 0 saturated carbocycles. The maximum atomic E-state index is 13.3. The maximum absolute atomic E-state index is 13.3. The lowest BCUT2D eigenvalue weighted by Crippen LogP contribution is -2.63. The Morgan fingerprint density at radius 2 is 1.52 bits per heavy atom. The molecule has 7 heteroatoms. The van der Waals surface area contributed by atoms with Crippen molar-refractivity contribution in [2.75, 3.05) is 18.0 Å². The Balaban J connectivity index is 2.11. The molecule has 3 rings (SSSR count). The summed E-state index contributed by atoms with van der Waals surface area (Å²) in [7, 11) is 0. The Labute approximate surface area is 170 Å². The predicted molar refractivity (Wildman–Crippen MR) is 111 cm³/mol. The van der Waals surface area contributed by atoms with Gasteiger partial charge in [-0.05, 0) is 23.6 Å². The molecule has 0 bridgehead atoms. The number of nitrogens with zero attached hydrogens (tertiary/aromatic N) is 2. The molecule has 1 aliphatic heterocycles. The molecule has 0 aliphatic carbocycles. The SMILES string of the molecule is CC(C)C(C(N)=O)(c1ccccc1)N1CCN(c2ccccc2)C(=O)C(N)C1=O. The van der Waals surface area contributed by atoms with Crippen molar-refractivity contribution in [2.24, 2.45) is 17.4 Å². The standard InChI is InChI=1S/C22H26N4O3/c1-15(2)22(21(24)29,16-9-5-3-6-10-16)26-14-13-25(17-11-7-4-8-12-17)19(27)18(23)20(26)28/h3-12,15,18H,13-14,23H2,1-2H3,(H2,24,29). The number of para-hydroxylation sites is 1. The van der Waals surface area contributed by atoms with Crippen molar-refractivity contribution in [3.8, 4) is 0 Å². The average Bonchev–Trinajstić information content (AvgIpc) is 2.82. The van der Waals surface area contributed by atoms with Crippen LogP contribution in [0.1, 0.15) is 19.4 Å². The molecule has 2 unspecified atom stereocenters. The van der Waals surface area contributed by atoms with E-state index < -0.39 is 29.3 Å². The minimum Gasteiger partial charge on any atom is -0.367 e. The fourth-order valence-corrected chi connectivity index (χ4v) is 4.13. The molecule has 2 aromatic rings. The minimum atomic E-state index is -1.42. The lowest BCUT2D eigenvalue weighted by Gasteiger charge is -2.44. The zero-order valence-electron chi connectivity index (χ0n) is 16.6. The topological polar surface area (TPSA) is 110 Å². The number of benzene rings is 2. The maximum Gasteiger partial charge on any atom is 0.253 e. The van der Waals surface area contributed by atoms with Crippen LogP contribution in [0.25, 0.3) is 0 Å². The van der Waals surface area contributed by atoms with Crippen LogP contribution >= 0.6 is 0 Å². The highest BCUT2D eigenvalue weighted by Gasteiger charge is 2.52. The highest BCUT2D eigenvalue weighted by molar-refractivity contribution is 6.12. The van der Waals surface area contributed by atoms with Gasteiger partial charge in [0.15, 0.2) is 6.04 Å². The van der Waals surface area contributed by atoms with E-state index in [0.29, 0.717) is 11.3 Å². The van der Waals surface area contributed by atoms with Crippen LogP contribution in [0.2, 0.25) is 0 Å². The van der Waals surface area contributed by atoms with Gasteiger partial charge in [-0.3, -0.25) is 14.4 Å². The fraction of sp³-hybridized carbons (Fsp3) is 0.318. The Hall–Kier alpha value is -3.19. The minimum absolute atomic E-state index is 0.128. The lowest BCUT2D eigenvalue weighted by atomic mass is 9.77. The first-order chi connectivity index (χ1) is 13.8. The van der Waals surface area contributed by atoms with Gasteiger partial charge in [-0.2, -0.15) is 0 Å². The summed E-state index contributed by atoms with van der Waals surface area (Å²) in [5, 5.41) is 0. The molecule has 2 atom stereocenters. The van der Waals surface area contributed by atoms with Gasteiger partial charge in [0.25, 0.3) is 5.91 Å². The summed E-state index contributed by atoms with van der Waals surface area (Å²) in [6.07, 6.45) is 0. The zero-order chi connectivity index (χ0) is 21.2. The number of amides is 3. The molecule has 3 amide bonds. The van der Waals surface area contributed by atoms with E-state index in [-0.39, 0.29) is 19.0 Å². The molecule has 152 valence electrons. The summed E-state index contributed by atoms with van der Waals surface area (Å²) in [5.74, 6) is -2.10. The number of hydrogen-bond acceptors (Lipinski definition) is 4. The average molecular weight is 394 g/mol. The van der Waals surface area contributed by atoms with Crippen LogP contribution in [0.15, 0.2) is 60.7 Å². The van der Waals surface area contributed by atoms with Gasteiger partial charge in [0.1, 0.15) is 5.54 Å². The first kappa shape index (κ1) is 20.5. The van der Waals surface area contributed by atoms with Crippen LogP contribution in [0.5, 0.6) is 0 Å². The van der Waals surface area contributed by atoms with Crippen molar-refractivity contribution in [3.63, 3.8) is 0 Å². The third-order valence-corrected chi connectivity index (χ3v) is 5.53. The first-order valence-electron chi connectivity index (χ1n) is 9.60. The molecule has 0 radical (unpaired) electrons. The molecule has 1 heterocycles. The van der Waals surface area contributed by atoms with Crippen molar-refractivity contribution in [1.82, 2.24) is 4.90 Å². The summed E-state index contributed by atoms with van der Waals surface area (Å²) in [6, 6.07) is 16.6. The Morgan fingerprint density at radius 3 is 2.03 bits per heavy atom. The van der Waals surface area contributed by atoms with Crippen LogP contribution in [0, 0.1) is 5.92 Å². The van der Waals surface area contributed by atoms with Crippen molar-refractivity contribution in [1.29, 1.82) is 0 Å². The predicted octanol–water partition coefficient (Wildman–Crippen LogP) is 1.23. The lowest BCUT2D eigenvalue weighted by molar-refractivity contribution is -0.152. The van der Waals surface area contributed by atoms with Gasteiger partial charge in [-0.1, -0.05) is 62.4 Å². The number of carbonyl (C=O) groups is 3. The Kier molecular flexibility index (Phi) is 5.70. The Bertz CT molecular complexity index is 901. The third-order valence-electron chi connectivity index (χ3n) is 5.53. The third kappa shape index (κ3) is 3.38. The molecular weight excluding hydrogens is 368 g/mol. The monoisotopic (exact) mass is 394 g/mol. The molecule has 2 aromatic carbocycles. The summed E-state index contributed by atoms with van der Waals surface area (Å²) in [5.41, 5.74) is 11.8. The Morgan fingerprint density at radius 1 is 0.966 bits per heavy atom. The molecule has 1 fully saturated rings. The summed E-state index contributed by atoms with van der Waals surface area (Å²) in [6.45, 7) is 4.00. The highest BCUT2D eigenvalue weighted by atomic mass is 16.2. The van der Waals surface area contributed by atoms with Crippen molar-refractivity contribution in [3.05, 3.63) is 66.2 Å². The largest absolute Gasteiger partial charge is 0.367 e. The summed E-state index contributed by atoms with van der Waals surface area (Å²) in [4.78, 5) is 42.0. The molecule has 0 aromatic heterocycles. The summed E-state index contributed by atoms with van der Waals surface area (Å²) >= 11 is 0. The van der Waals surface area contributed by atoms with Gasteiger partial charge in [-0.15, -0.1) is 0 Å². The van der Waals surface area contributed by atoms with E-state index in [0.717, 1.165) is 0 Å². The van der Waals surface area contributed by atoms with Gasteiger partial charge >= 0.3 is 0 Å². The van der Waals surface area contributed by atoms with Crippen LogP contribution in [0.4, 0.5) is 5.69 Å². The van der Waals surface area contributed by atoms with Gasteiger partial charge in [0, 0.05) is 18.8 Å². The number of hydrogen-bond donors (Lipinski definition) is 2. The first-order valence-corrected chi connectivity index (χ1v) is 9.60. The summed E-state index contributed by atoms with van der Waals surface area (Å²) < 4.78 is 0. The number of anilines is 1. The van der Waals surface area contributed by atoms with Crippen molar-refractivity contribution < 1.29 is 14.4 Å². The van der Waals surface area contributed by atoms with Gasteiger partial charge in [0.2, 0.25) is 11.8 Å². The smallest absolute Gasteiger partial charge is 0.253 e. The zero-order valence-corrected chi connectivity index (χ0v) is 16.6. The molecule has 1 aliphatic rings. The highest BCUT2D eigenvalue weighted by Crippen LogP contribution is 2.37. The van der Waals surface area contributed by atoms with E-state index in [4.69, 9.17) is 11.5 Å². The van der Waals surface area contributed by atoms with E-state index in [1.165, 1.54) is 9.80 Å². The second kappa shape index (κ2) is 8.05. The van der Waals surface area contributed by atoms with Gasteiger partial charge < -0.3 is 21.3 Å². The van der Waals surface area contributed by atoms with E-state index in [1.807, 2.05) is 38.1 Å². The molecule has 7 nitrogen and oxygen atoms in total. The number of primary amides is 1. The molecule has 1 saturated heterocycles. The van der Waals surface area contributed by atoms with E-state index in [9.17, 15) is 14.4 Å². The van der Waals surface area contributed by atoms with Gasteiger partial charge in [-0.25, -0.2) is 0 Å².